The standard InChI is InChI=1S/C17H21N3O4.HI/c1-22-13-8-7-12(9-15(13)24-3)20-17(18)19-10-11-5-4-6-14(23-2)16(11)21;/h4-9,21H,10H2,1-3H3,(H3,18,19,20);1H. The molecule has 0 spiro atoms. The summed E-state index contributed by atoms with van der Waals surface area (Å²) >= 11 is 0. The molecule has 0 unspecified atom stereocenters. The molecule has 0 heterocycles. The monoisotopic (exact) mass is 459 g/mol. The van der Waals surface area contributed by atoms with Gasteiger partial charge in [0.1, 0.15) is 0 Å². The second-order valence-corrected chi connectivity index (χ2v) is 4.86. The summed E-state index contributed by atoms with van der Waals surface area (Å²) in [6, 6.07) is 10.5. The lowest BCUT2D eigenvalue weighted by Crippen LogP contribution is -2.22. The normalized spacial score (nSPS) is 10.6. The number of aromatic hydroxyl groups is 1. The largest absolute Gasteiger partial charge is 0.504 e. The van der Waals surface area contributed by atoms with Gasteiger partial charge in [-0.1, -0.05) is 12.1 Å². The minimum Gasteiger partial charge on any atom is -0.504 e. The maximum absolute atomic E-state index is 10.0. The molecule has 0 atom stereocenters. The van der Waals surface area contributed by atoms with E-state index in [0.717, 1.165) is 0 Å². The Bertz CT molecular complexity index is 738. The van der Waals surface area contributed by atoms with Crippen LogP contribution < -0.4 is 25.3 Å². The van der Waals surface area contributed by atoms with E-state index in [9.17, 15) is 5.11 Å². The number of rotatable bonds is 6. The topological polar surface area (TPSA) is 98.3 Å². The summed E-state index contributed by atoms with van der Waals surface area (Å²) in [4.78, 5) is 4.22. The predicted molar refractivity (Wildman–Crippen MR) is 109 cm³/mol. The number of halogens is 1. The van der Waals surface area contributed by atoms with Crippen LogP contribution in [0, 0.1) is 0 Å². The third-order valence-corrected chi connectivity index (χ3v) is 3.38. The first-order valence-corrected chi connectivity index (χ1v) is 7.22. The van der Waals surface area contributed by atoms with Crippen LogP contribution in [0.15, 0.2) is 41.4 Å². The number of nitrogens with two attached hydrogens (primary N) is 1. The molecule has 2 aromatic carbocycles. The van der Waals surface area contributed by atoms with Crippen molar-refractivity contribution in [2.45, 2.75) is 6.54 Å². The Balaban J connectivity index is 0.00000312. The molecule has 0 aliphatic carbocycles. The van der Waals surface area contributed by atoms with Gasteiger partial charge in [-0.3, -0.25) is 0 Å². The van der Waals surface area contributed by atoms with Crippen molar-refractivity contribution in [3.8, 4) is 23.0 Å². The highest BCUT2D eigenvalue weighted by Crippen LogP contribution is 2.30. The van der Waals surface area contributed by atoms with Gasteiger partial charge < -0.3 is 30.4 Å². The molecule has 25 heavy (non-hydrogen) atoms. The molecule has 0 bridgehead atoms. The number of benzene rings is 2. The van der Waals surface area contributed by atoms with Crippen molar-refractivity contribution in [2.75, 3.05) is 26.6 Å². The molecule has 0 saturated heterocycles. The number of ether oxygens (including phenoxy) is 3. The van der Waals surface area contributed by atoms with E-state index in [2.05, 4.69) is 10.3 Å². The molecular formula is C17H22IN3O4. The molecule has 0 fully saturated rings. The predicted octanol–water partition coefficient (Wildman–Crippen LogP) is 2.96. The van der Waals surface area contributed by atoms with Gasteiger partial charge in [0.05, 0.1) is 27.9 Å². The number of phenols is 1. The van der Waals surface area contributed by atoms with Gasteiger partial charge in [-0.15, -0.1) is 24.0 Å². The molecule has 136 valence electrons. The molecule has 2 aromatic rings. The average molecular weight is 459 g/mol. The third kappa shape index (κ3) is 5.31. The lowest BCUT2D eigenvalue weighted by molar-refractivity contribution is 0.355. The minimum atomic E-state index is 0. The van der Waals surface area contributed by atoms with Gasteiger partial charge in [0.25, 0.3) is 0 Å². The Kier molecular flexibility index (Phi) is 8.12. The fourth-order valence-corrected chi connectivity index (χ4v) is 2.13. The highest BCUT2D eigenvalue weighted by molar-refractivity contribution is 14.0. The first kappa shape index (κ1) is 20.7. The van der Waals surface area contributed by atoms with Crippen molar-refractivity contribution in [2.24, 2.45) is 10.7 Å². The number of guanidine groups is 1. The van der Waals surface area contributed by atoms with Crippen LogP contribution >= 0.6 is 24.0 Å². The highest BCUT2D eigenvalue weighted by Gasteiger charge is 2.07. The average Bonchev–Trinajstić information content (AvgIpc) is 2.60. The van der Waals surface area contributed by atoms with Gasteiger partial charge in [-0.2, -0.15) is 0 Å². The van der Waals surface area contributed by atoms with E-state index in [1.807, 2.05) is 0 Å². The van der Waals surface area contributed by atoms with E-state index < -0.39 is 0 Å². The lowest BCUT2D eigenvalue weighted by atomic mass is 10.2. The number of aliphatic imine (C=N–C) groups is 1. The minimum absolute atomic E-state index is 0. The molecule has 0 radical (unpaired) electrons. The van der Waals surface area contributed by atoms with E-state index in [0.29, 0.717) is 28.5 Å². The van der Waals surface area contributed by atoms with Crippen LogP contribution in [0.1, 0.15) is 5.56 Å². The first-order valence-electron chi connectivity index (χ1n) is 7.22. The molecule has 0 amide bonds. The Hall–Kier alpha value is -2.36. The van der Waals surface area contributed by atoms with E-state index in [-0.39, 0.29) is 42.2 Å². The van der Waals surface area contributed by atoms with Gasteiger partial charge >= 0.3 is 0 Å². The highest BCUT2D eigenvalue weighted by atomic mass is 127. The van der Waals surface area contributed by atoms with E-state index in [1.165, 1.54) is 7.11 Å². The van der Waals surface area contributed by atoms with Crippen molar-refractivity contribution in [1.82, 2.24) is 0 Å². The molecule has 0 saturated carbocycles. The van der Waals surface area contributed by atoms with Crippen LogP contribution in [-0.2, 0) is 6.54 Å². The van der Waals surface area contributed by atoms with Crippen LogP contribution in [0.4, 0.5) is 5.69 Å². The number of para-hydroxylation sites is 1. The molecule has 8 heteroatoms. The zero-order valence-electron chi connectivity index (χ0n) is 14.3. The number of nitrogens with one attached hydrogen (secondary N) is 1. The van der Waals surface area contributed by atoms with Crippen molar-refractivity contribution >= 4 is 35.6 Å². The lowest BCUT2D eigenvalue weighted by Gasteiger charge is -2.11. The zero-order chi connectivity index (χ0) is 17.5. The Morgan fingerprint density at radius 1 is 1.04 bits per heavy atom. The fourth-order valence-electron chi connectivity index (χ4n) is 2.13. The summed E-state index contributed by atoms with van der Waals surface area (Å²) < 4.78 is 15.5. The van der Waals surface area contributed by atoms with E-state index in [4.69, 9.17) is 19.9 Å². The van der Waals surface area contributed by atoms with Crippen LogP contribution in [-0.4, -0.2) is 32.4 Å². The van der Waals surface area contributed by atoms with Gasteiger partial charge in [0.2, 0.25) is 0 Å². The van der Waals surface area contributed by atoms with Gasteiger partial charge in [-0.25, -0.2) is 4.99 Å². The number of methoxy groups -OCH3 is 3. The maximum Gasteiger partial charge on any atom is 0.193 e. The number of nitrogens with zero attached hydrogens (tertiary/aromatic N) is 1. The SMILES string of the molecule is COc1ccc(NC(N)=NCc2cccc(OC)c2O)cc1OC.I. The molecule has 0 aromatic heterocycles. The van der Waals surface area contributed by atoms with Crippen molar-refractivity contribution < 1.29 is 19.3 Å². The van der Waals surface area contributed by atoms with Gasteiger partial charge in [-0.05, 0) is 18.2 Å². The summed E-state index contributed by atoms with van der Waals surface area (Å²) in [6.45, 7) is 0.217. The third-order valence-electron chi connectivity index (χ3n) is 3.38. The summed E-state index contributed by atoms with van der Waals surface area (Å²) in [7, 11) is 4.63. The van der Waals surface area contributed by atoms with E-state index in [1.54, 1.807) is 50.6 Å². The van der Waals surface area contributed by atoms with Crippen LogP contribution in [0.3, 0.4) is 0 Å². The molecule has 0 aliphatic rings. The molecule has 4 N–H and O–H groups in total. The number of hydrogen-bond donors (Lipinski definition) is 3. The Morgan fingerprint density at radius 3 is 2.36 bits per heavy atom. The summed E-state index contributed by atoms with van der Waals surface area (Å²) in [5.41, 5.74) is 7.22. The maximum atomic E-state index is 10.0. The zero-order valence-corrected chi connectivity index (χ0v) is 16.6. The quantitative estimate of drug-likeness (QED) is 0.349. The first-order chi connectivity index (χ1) is 11.6. The van der Waals surface area contributed by atoms with Crippen molar-refractivity contribution in [3.63, 3.8) is 0 Å². The van der Waals surface area contributed by atoms with Crippen molar-refractivity contribution in [3.05, 3.63) is 42.0 Å². The second kappa shape index (κ2) is 9.82. The summed E-state index contributed by atoms with van der Waals surface area (Å²) in [5, 5.41) is 13.0. The van der Waals surface area contributed by atoms with E-state index >= 15 is 0 Å². The Morgan fingerprint density at radius 2 is 1.72 bits per heavy atom. The second-order valence-electron chi connectivity index (χ2n) is 4.86. The summed E-state index contributed by atoms with van der Waals surface area (Å²) in [6.07, 6.45) is 0. The molecule has 2 rings (SSSR count). The molecule has 0 aliphatic heterocycles. The number of hydrogen-bond acceptors (Lipinski definition) is 5. The van der Waals surface area contributed by atoms with Gasteiger partial charge in [0, 0.05) is 17.3 Å². The molecular weight excluding hydrogens is 437 g/mol. The van der Waals surface area contributed by atoms with Crippen LogP contribution in [0.2, 0.25) is 0 Å². The van der Waals surface area contributed by atoms with Crippen LogP contribution in [0.25, 0.3) is 0 Å². The molecule has 7 nitrogen and oxygen atoms in total. The number of phenolic OH excluding ortho intramolecular Hbond substituents is 1. The Labute approximate surface area is 163 Å². The summed E-state index contributed by atoms with van der Waals surface area (Å²) in [5.74, 6) is 1.88. The fraction of sp³-hybridized carbons (Fsp3) is 0.235. The van der Waals surface area contributed by atoms with Crippen molar-refractivity contribution in [1.29, 1.82) is 0 Å². The smallest absolute Gasteiger partial charge is 0.193 e. The van der Waals surface area contributed by atoms with Crippen LogP contribution in [0.5, 0.6) is 23.0 Å². The van der Waals surface area contributed by atoms with Gasteiger partial charge in [0.15, 0.2) is 29.0 Å². The number of anilines is 1.